The molecule has 0 aliphatic carbocycles. The number of hydrogen-bond donors (Lipinski definition) is 0. The van der Waals surface area contributed by atoms with Crippen LogP contribution in [0.3, 0.4) is 0 Å². The number of para-hydroxylation sites is 1. The Morgan fingerprint density at radius 2 is 2.16 bits per heavy atom. The van der Waals surface area contributed by atoms with Crippen molar-refractivity contribution in [2.75, 3.05) is 6.61 Å². The molecule has 0 spiro atoms. The highest BCUT2D eigenvalue weighted by molar-refractivity contribution is 7.16. The third-order valence-electron chi connectivity index (χ3n) is 3.55. The highest BCUT2D eigenvalue weighted by Crippen LogP contribution is 2.27. The lowest BCUT2D eigenvalue weighted by atomic mass is 10.3. The van der Waals surface area contributed by atoms with Crippen molar-refractivity contribution in [3.8, 4) is 5.75 Å². The smallest absolute Gasteiger partial charge is 0.272 e. The predicted octanol–water partition coefficient (Wildman–Crippen LogP) is 4.71. The number of nitrogens with zero attached hydrogens (tertiary/aromatic N) is 2. The molecule has 6 heteroatoms. The van der Waals surface area contributed by atoms with Crippen molar-refractivity contribution in [2.24, 2.45) is 4.99 Å². The Kier molecular flexibility index (Phi) is 5.83. The number of hydrogen-bond acceptors (Lipinski definition) is 4. The van der Waals surface area contributed by atoms with Crippen LogP contribution in [-0.2, 0) is 11.3 Å². The van der Waals surface area contributed by atoms with Gasteiger partial charge in [0.1, 0.15) is 11.3 Å². The quantitative estimate of drug-likeness (QED) is 0.588. The van der Waals surface area contributed by atoms with E-state index in [9.17, 15) is 4.79 Å². The van der Waals surface area contributed by atoms with Gasteiger partial charge in [0.05, 0.1) is 11.3 Å². The van der Waals surface area contributed by atoms with E-state index in [2.05, 4.69) is 16.5 Å². The highest BCUT2D eigenvalue weighted by Gasteiger charge is 2.11. The Balaban J connectivity index is 2.04. The van der Waals surface area contributed by atoms with Crippen LogP contribution in [0, 0.1) is 0 Å². The zero-order chi connectivity index (χ0) is 17.6. The summed E-state index contributed by atoms with van der Waals surface area (Å²) in [5, 5.41) is 1.98. The van der Waals surface area contributed by atoms with Crippen LogP contribution in [0.2, 0.25) is 0 Å². The molecule has 3 aromatic rings. The average Bonchev–Trinajstić information content (AvgIpc) is 3.23. The number of thiazole rings is 1. The molecule has 0 aliphatic rings. The number of ether oxygens (including phenoxy) is 1. The third-order valence-corrected chi connectivity index (χ3v) is 5.43. The van der Waals surface area contributed by atoms with Gasteiger partial charge in [0, 0.05) is 17.5 Å². The molecule has 2 aromatic heterocycles. The van der Waals surface area contributed by atoms with Crippen molar-refractivity contribution in [3.05, 3.63) is 51.5 Å². The molecular formula is C19H20N2O2S2. The first kappa shape index (κ1) is 17.6. The van der Waals surface area contributed by atoms with Crippen molar-refractivity contribution >= 4 is 44.9 Å². The Labute approximate surface area is 154 Å². The summed E-state index contributed by atoms with van der Waals surface area (Å²) in [6.07, 6.45) is 4.29. The number of amides is 1. The lowest BCUT2D eigenvalue weighted by molar-refractivity contribution is -0.113. The van der Waals surface area contributed by atoms with Gasteiger partial charge in [-0.2, -0.15) is 4.99 Å². The van der Waals surface area contributed by atoms with Gasteiger partial charge in [-0.15, -0.1) is 11.3 Å². The number of benzene rings is 1. The van der Waals surface area contributed by atoms with E-state index in [4.69, 9.17) is 4.74 Å². The Morgan fingerprint density at radius 1 is 1.28 bits per heavy atom. The summed E-state index contributed by atoms with van der Waals surface area (Å²) in [7, 11) is 0. The molecule has 130 valence electrons. The van der Waals surface area contributed by atoms with Crippen molar-refractivity contribution in [2.45, 2.75) is 26.8 Å². The van der Waals surface area contributed by atoms with Crippen molar-refractivity contribution in [1.82, 2.24) is 4.57 Å². The van der Waals surface area contributed by atoms with Gasteiger partial charge in [0.15, 0.2) is 4.80 Å². The zero-order valence-electron chi connectivity index (χ0n) is 14.3. The molecule has 0 fully saturated rings. The van der Waals surface area contributed by atoms with E-state index >= 15 is 0 Å². The number of fused-ring (bicyclic) bond motifs is 1. The standard InChI is InChI=1S/C19H20N2O2S2/c1-3-12-21-18-15(23-4-2)8-5-9-16(18)25-19(21)20-17(22)11-10-14-7-6-13-24-14/h5-11,13H,3-4,12H2,1-2H3/b11-10+,20-19?. The fourth-order valence-electron chi connectivity index (χ4n) is 2.56. The second-order valence-electron chi connectivity index (χ2n) is 5.37. The van der Waals surface area contributed by atoms with Gasteiger partial charge in [-0.25, -0.2) is 0 Å². The van der Waals surface area contributed by atoms with E-state index in [0.717, 1.165) is 33.8 Å². The average molecular weight is 373 g/mol. The normalized spacial score (nSPS) is 12.3. The van der Waals surface area contributed by atoms with Crippen LogP contribution in [0.25, 0.3) is 16.3 Å². The van der Waals surface area contributed by atoms with E-state index in [1.54, 1.807) is 17.4 Å². The first-order chi connectivity index (χ1) is 12.2. The summed E-state index contributed by atoms with van der Waals surface area (Å²) < 4.78 is 8.93. The van der Waals surface area contributed by atoms with Crippen LogP contribution >= 0.6 is 22.7 Å². The van der Waals surface area contributed by atoms with E-state index < -0.39 is 0 Å². The minimum absolute atomic E-state index is 0.247. The molecule has 0 saturated carbocycles. The van der Waals surface area contributed by atoms with Crippen LogP contribution in [-0.4, -0.2) is 17.1 Å². The summed E-state index contributed by atoms with van der Waals surface area (Å²) in [5.74, 6) is 0.593. The summed E-state index contributed by atoms with van der Waals surface area (Å²) in [6.45, 7) is 5.49. The van der Waals surface area contributed by atoms with Gasteiger partial charge in [-0.3, -0.25) is 4.79 Å². The van der Waals surface area contributed by atoms with Gasteiger partial charge in [0.25, 0.3) is 5.91 Å². The van der Waals surface area contributed by atoms with Crippen molar-refractivity contribution < 1.29 is 9.53 Å². The largest absolute Gasteiger partial charge is 0.492 e. The van der Waals surface area contributed by atoms with Crippen LogP contribution in [0.4, 0.5) is 0 Å². The first-order valence-corrected chi connectivity index (χ1v) is 9.98. The fourth-order valence-corrected chi connectivity index (χ4v) is 4.25. The van der Waals surface area contributed by atoms with Gasteiger partial charge in [0.2, 0.25) is 0 Å². The molecule has 0 aliphatic heterocycles. The number of aryl methyl sites for hydroxylation is 1. The maximum Gasteiger partial charge on any atom is 0.272 e. The lowest BCUT2D eigenvalue weighted by Crippen LogP contribution is -2.16. The number of aromatic nitrogens is 1. The minimum Gasteiger partial charge on any atom is -0.492 e. The summed E-state index contributed by atoms with van der Waals surface area (Å²) in [4.78, 5) is 18.3. The molecule has 25 heavy (non-hydrogen) atoms. The van der Waals surface area contributed by atoms with Gasteiger partial charge in [-0.1, -0.05) is 30.4 Å². The monoisotopic (exact) mass is 372 g/mol. The maximum atomic E-state index is 12.3. The molecule has 4 nitrogen and oxygen atoms in total. The number of carbonyl (C=O) groups is 1. The molecule has 0 radical (unpaired) electrons. The van der Waals surface area contributed by atoms with Crippen LogP contribution < -0.4 is 9.54 Å². The summed E-state index contributed by atoms with van der Waals surface area (Å²) in [6, 6.07) is 9.91. The van der Waals surface area contributed by atoms with Crippen LogP contribution in [0.15, 0.2) is 46.8 Å². The number of thiophene rings is 1. The Morgan fingerprint density at radius 3 is 2.88 bits per heavy atom. The molecular weight excluding hydrogens is 352 g/mol. The minimum atomic E-state index is -0.247. The van der Waals surface area contributed by atoms with E-state index in [1.807, 2.05) is 42.6 Å². The SMILES string of the molecule is CCCn1c(=NC(=O)/C=C/c2cccs2)sc2cccc(OCC)c21. The number of carbonyl (C=O) groups excluding carboxylic acids is 1. The maximum absolute atomic E-state index is 12.3. The molecule has 3 rings (SSSR count). The first-order valence-electron chi connectivity index (χ1n) is 8.28. The second-order valence-corrected chi connectivity index (χ2v) is 7.36. The third kappa shape index (κ3) is 4.08. The van der Waals surface area contributed by atoms with E-state index in [-0.39, 0.29) is 5.91 Å². The fraction of sp³-hybridized carbons (Fsp3) is 0.263. The zero-order valence-corrected chi connectivity index (χ0v) is 15.9. The number of rotatable bonds is 6. The van der Waals surface area contributed by atoms with E-state index in [1.165, 1.54) is 17.4 Å². The topological polar surface area (TPSA) is 43.6 Å². The lowest BCUT2D eigenvalue weighted by Gasteiger charge is -2.08. The van der Waals surface area contributed by atoms with E-state index in [0.29, 0.717) is 11.4 Å². The molecule has 0 unspecified atom stereocenters. The van der Waals surface area contributed by atoms with Crippen LogP contribution in [0.1, 0.15) is 25.1 Å². The van der Waals surface area contributed by atoms with Crippen molar-refractivity contribution in [3.63, 3.8) is 0 Å². The second kappa shape index (κ2) is 8.27. The molecule has 0 atom stereocenters. The van der Waals surface area contributed by atoms with Gasteiger partial charge >= 0.3 is 0 Å². The molecule has 2 heterocycles. The Bertz CT molecular complexity index is 950. The molecule has 0 bridgehead atoms. The summed E-state index contributed by atoms with van der Waals surface area (Å²) >= 11 is 3.11. The molecule has 0 saturated heterocycles. The Hall–Kier alpha value is -2.18. The molecule has 1 amide bonds. The van der Waals surface area contributed by atoms with Crippen LogP contribution in [0.5, 0.6) is 5.75 Å². The highest BCUT2D eigenvalue weighted by atomic mass is 32.1. The van der Waals surface area contributed by atoms with Gasteiger partial charge in [-0.05, 0) is 43.0 Å². The molecule has 1 aromatic carbocycles. The molecule has 0 N–H and O–H groups in total. The predicted molar refractivity (Wildman–Crippen MR) is 105 cm³/mol. The van der Waals surface area contributed by atoms with Crippen molar-refractivity contribution in [1.29, 1.82) is 0 Å². The summed E-state index contributed by atoms with van der Waals surface area (Å²) in [5.41, 5.74) is 1.02. The van der Waals surface area contributed by atoms with Gasteiger partial charge < -0.3 is 9.30 Å².